The van der Waals surface area contributed by atoms with Crippen molar-refractivity contribution in [3.63, 3.8) is 0 Å². The predicted molar refractivity (Wildman–Crippen MR) is 118 cm³/mol. The molecule has 1 saturated heterocycles. The second-order valence-corrected chi connectivity index (χ2v) is 8.37. The summed E-state index contributed by atoms with van der Waals surface area (Å²) in [5.74, 6) is 1.69. The number of fused-ring (bicyclic) bond motifs is 1. The van der Waals surface area contributed by atoms with E-state index in [4.69, 9.17) is 4.74 Å². The summed E-state index contributed by atoms with van der Waals surface area (Å²) in [6, 6.07) is 11.1. The Kier molecular flexibility index (Phi) is 6.05. The van der Waals surface area contributed by atoms with Gasteiger partial charge in [0.2, 0.25) is 5.82 Å². The van der Waals surface area contributed by atoms with Gasteiger partial charge in [0.25, 0.3) is 0 Å². The summed E-state index contributed by atoms with van der Waals surface area (Å²) < 4.78 is 5.77. The SMILES string of the molecule is CC1CN(c2ccc([N+](=O)[O-])c(NCCSc3nc4ccccc4[nH]3)n2)CC(C)O1. The Hall–Kier alpha value is -2.85. The maximum atomic E-state index is 11.4. The fourth-order valence-corrected chi connectivity index (χ4v) is 4.32. The van der Waals surface area contributed by atoms with Crippen molar-refractivity contribution in [1.82, 2.24) is 15.0 Å². The third kappa shape index (κ3) is 4.65. The first-order chi connectivity index (χ1) is 14.5. The molecule has 158 valence electrons. The Morgan fingerprint density at radius 1 is 1.23 bits per heavy atom. The summed E-state index contributed by atoms with van der Waals surface area (Å²) in [4.78, 5) is 25.5. The Labute approximate surface area is 178 Å². The second kappa shape index (κ2) is 8.88. The van der Waals surface area contributed by atoms with Crippen LogP contribution in [0, 0.1) is 10.1 Å². The normalized spacial score (nSPS) is 19.2. The molecule has 9 nitrogen and oxygen atoms in total. The van der Waals surface area contributed by atoms with E-state index in [9.17, 15) is 10.1 Å². The number of rotatable bonds is 7. The van der Waals surface area contributed by atoms with E-state index in [2.05, 4.69) is 25.2 Å². The number of nitro groups is 1. The first kappa shape index (κ1) is 20.4. The number of anilines is 2. The molecule has 2 unspecified atom stereocenters. The van der Waals surface area contributed by atoms with Crippen LogP contribution in [-0.2, 0) is 4.74 Å². The molecule has 1 aromatic carbocycles. The van der Waals surface area contributed by atoms with Gasteiger partial charge in [0.1, 0.15) is 5.82 Å². The molecule has 0 aliphatic carbocycles. The van der Waals surface area contributed by atoms with Gasteiger partial charge in [0.05, 0.1) is 28.2 Å². The van der Waals surface area contributed by atoms with Crippen LogP contribution in [0.25, 0.3) is 11.0 Å². The van der Waals surface area contributed by atoms with Gasteiger partial charge in [0, 0.05) is 31.5 Å². The molecular formula is C20H24N6O3S. The van der Waals surface area contributed by atoms with Crippen molar-refractivity contribution in [2.45, 2.75) is 31.2 Å². The van der Waals surface area contributed by atoms with Crippen LogP contribution >= 0.6 is 11.8 Å². The minimum atomic E-state index is -0.407. The monoisotopic (exact) mass is 428 g/mol. The molecule has 30 heavy (non-hydrogen) atoms. The van der Waals surface area contributed by atoms with E-state index >= 15 is 0 Å². The largest absolute Gasteiger partial charge is 0.372 e. The van der Waals surface area contributed by atoms with Gasteiger partial charge >= 0.3 is 5.69 Å². The van der Waals surface area contributed by atoms with Gasteiger partial charge in [-0.25, -0.2) is 9.97 Å². The van der Waals surface area contributed by atoms with E-state index in [1.165, 1.54) is 6.07 Å². The highest BCUT2D eigenvalue weighted by Gasteiger charge is 2.25. The molecule has 1 fully saturated rings. The van der Waals surface area contributed by atoms with Crippen molar-refractivity contribution in [1.29, 1.82) is 0 Å². The average Bonchev–Trinajstić information content (AvgIpc) is 3.13. The molecule has 3 heterocycles. The molecule has 3 aromatic rings. The number of morpholine rings is 1. The summed E-state index contributed by atoms with van der Waals surface area (Å²) >= 11 is 1.56. The highest BCUT2D eigenvalue weighted by Crippen LogP contribution is 2.28. The molecule has 2 aromatic heterocycles. The lowest BCUT2D eigenvalue weighted by molar-refractivity contribution is -0.384. The van der Waals surface area contributed by atoms with E-state index in [1.54, 1.807) is 17.8 Å². The molecule has 0 radical (unpaired) electrons. The number of thioether (sulfide) groups is 1. The lowest BCUT2D eigenvalue weighted by Gasteiger charge is -2.36. The number of hydrogen-bond donors (Lipinski definition) is 2. The van der Waals surface area contributed by atoms with Crippen molar-refractivity contribution in [2.75, 3.05) is 35.6 Å². The number of benzene rings is 1. The third-order valence-corrected chi connectivity index (χ3v) is 5.68. The highest BCUT2D eigenvalue weighted by molar-refractivity contribution is 7.99. The number of para-hydroxylation sites is 2. The molecule has 2 atom stereocenters. The number of nitrogens with one attached hydrogen (secondary N) is 2. The number of hydrogen-bond acceptors (Lipinski definition) is 8. The predicted octanol–water partition coefficient (Wildman–Crippen LogP) is 3.68. The van der Waals surface area contributed by atoms with E-state index in [0.29, 0.717) is 25.4 Å². The Bertz CT molecular complexity index is 999. The van der Waals surface area contributed by atoms with Crippen LogP contribution in [-0.4, -0.2) is 57.5 Å². The lowest BCUT2D eigenvalue weighted by Crippen LogP contribution is -2.45. The molecule has 0 spiro atoms. The number of aromatic nitrogens is 3. The van der Waals surface area contributed by atoms with Crippen LogP contribution < -0.4 is 10.2 Å². The molecular weight excluding hydrogens is 404 g/mol. The van der Waals surface area contributed by atoms with Gasteiger partial charge in [-0.2, -0.15) is 0 Å². The van der Waals surface area contributed by atoms with Crippen molar-refractivity contribution in [2.24, 2.45) is 0 Å². The number of pyridine rings is 1. The van der Waals surface area contributed by atoms with Crippen LogP contribution in [0.4, 0.5) is 17.3 Å². The summed E-state index contributed by atoms with van der Waals surface area (Å²) in [6.45, 7) is 5.97. The number of H-pyrrole nitrogens is 1. The van der Waals surface area contributed by atoms with Crippen LogP contribution in [0.1, 0.15) is 13.8 Å². The van der Waals surface area contributed by atoms with E-state index in [-0.39, 0.29) is 23.7 Å². The zero-order valence-electron chi connectivity index (χ0n) is 16.9. The first-order valence-corrected chi connectivity index (χ1v) is 10.9. The first-order valence-electron chi connectivity index (χ1n) is 9.87. The van der Waals surface area contributed by atoms with Gasteiger partial charge in [-0.1, -0.05) is 23.9 Å². The van der Waals surface area contributed by atoms with Crippen molar-refractivity contribution in [3.05, 3.63) is 46.5 Å². The van der Waals surface area contributed by atoms with Crippen molar-refractivity contribution >= 4 is 40.1 Å². The number of nitrogens with zero attached hydrogens (tertiary/aromatic N) is 4. The zero-order valence-corrected chi connectivity index (χ0v) is 17.7. The fourth-order valence-electron chi connectivity index (χ4n) is 3.57. The summed E-state index contributed by atoms with van der Waals surface area (Å²) in [5, 5.41) is 15.4. The minimum Gasteiger partial charge on any atom is -0.372 e. The third-order valence-electron chi connectivity index (χ3n) is 4.80. The summed E-state index contributed by atoms with van der Waals surface area (Å²) in [5.41, 5.74) is 1.89. The summed E-state index contributed by atoms with van der Waals surface area (Å²) in [6.07, 6.45) is 0.171. The molecule has 2 N–H and O–H groups in total. The standard InChI is InChI=1S/C20H24N6O3S/c1-13-11-25(12-14(2)29-13)18-8-7-17(26(27)28)19(24-18)21-9-10-30-20-22-15-5-3-4-6-16(15)23-20/h3-8,13-14H,9-12H2,1-2H3,(H,21,24)(H,22,23). The van der Waals surface area contributed by atoms with Crippen molar-refractivity contribution in [3.8, 4) is 0 Å². The lowest BCUT2D eigenvalue weighted by atomic mass is 10.2. The number of aromatic amines is 1. The molecule has 10 heteroatoms. The van der Waals surface area contributed by atoms with Crippen LogP contribution in [0.15, 0.2) is 41.6 Å². The van der Waals surface area contributed by atoms with E-state index in [0.717, 1.165) is 22.0 Å². The number of imidazole rings is 1. The van der Waals surface area contributed by atoms with E-state index in [1.807, 2.05) is 38.1 Å². The highest BCUT2D eigenvalue weighted by atomic mass is 32.2. The smallest absolute Gasteiger partial charge is 0.311 e. The Morgan fingerprint density at radius 2 is 2.00 bits per heavy atom. The van der Waals surface area contributed by atoms with Gasteiger partial charge in [-0.3, -0.25) is 10.1 Å². The maximum absolute atomic E-state index is 11.4. The fraction of sp³-hybridized carbons (Fsp3) is 0.400. The maximum Gasteiger partial charge on any atom is 0.311 e. The quantitative estimate of drug-likeness (QED) is 0.254. The molecule has 4 rings (SSSR count). The second-order valence-electron chi connectivity index (χ2n) is 7.29. The van der Waals surface area contributed by atoms with Crippen LogP contribution in [0.2, 0.25) is 0 Å². The van der Waals surface area contributed by atoms with Crippen LogP contribution in [0.5, 0.6) is 0 Å². The zero-order chi connectivity index (χ0) is 21.1. The minimum absolute atomic E-state index is 0.0261. The molecule has 0 saturated carbocycles. The molecule has 0 amide bonds. The molecule has 1 aliphatic heterocycles. The van der Waals surface area contributed by atoms with E-state index < -0.39 is 4.92 Å². The van der Waals surface area contributed by atoms with Crippen molar-refractivity contribution < 1.29 is 9.66 Å². The van der Waals surface area contributed by atoms with Gasteiger partial charge < -0.3 is 19.9 Å². The molecule has 0 bridgehead atoms. The van der Waals surface area contributed by atoms with Gasteiger partial charge in [0.15, 0.2) is 5.16 Å². The number of ether oxygens (including phenoxy) is 1. The van der Waals surface area contributed by atoms with Gasteiger partial charge in [-0.05, 0) is 32.0 Å². The topological polar surface area (TPSA) is 109 Å². The Morgan fingerprint density at radius 3 is 2.73 bits per heavy atom. The molecule has 1 aliphatic rings. The summed E-state index contributed by atoms with van der Waals surface area (Å²) in [7, 11) is 0. The van der Waals surface area contributed by atoms with Gasteiger partial charge in [-0.15, -0.1) is 0 Å². The Balaban J connectivity index is 1.42. The van der Waals surface area contributed by atoms with Crippen LogP contribution in [0.3, 0.4) is 0 Å². The average molecular weight is 429 g/mol.